The van der Waals surface area contributed by atoms with Gasteiger partial charge in [0, 0.05) is 18.1 Å². The average Bonchev–Trinajstić information content (AvgIpc) is 2.44. The molecule has 1 aromatic carbocycles. The first-order valence-corrected chi connectivity index (χ1v) is 7.47. The lowest BCUT2D eigenvalue weighted by molar-refractivity contribution is 0.0321. The van der Waals surface area contributed by atoms with Gasteiger partial charge in [-0.2, -0.15) is 0 Å². The van der Waals surface area contributed by atoms with E-state index in [-0.39, 0.29) is 19.8 Å². The maximum Gasteiger partial charge on any atom is 0.418 e. The molecule has 8 heteroatoms. The Hall–Kier alpha value is -1.99. The highest BCUT2D eigenvalue weighted by atomic mass is 35.5. The third-order valence-corrected chi connectivity index (χ3v) is 2.74. The van der Waals surface area contributed by atoms with Crippen molar-refractivity contribution in [1.29, 1.82) is 0 Å². The van der Waals surface area contributed by atoms with Gasteiger partial charge in [0.1, 0.15) is 11.4 Å². The number of nitrogens with two attached hydrogens (primary N) is 1. The number of hydrogen-bond acceptors (Lipinski definition) is 5. The Morgan fingerprint density at radius 3 is 2.39 bits per heavy atom. The summed E-state index contributed by atoms with van der Waals surface area (Å²) in [6, 6.07) is 6.03. The maximum atomic E-state index is 12.1. The summed E-state index contributed by atoms with van der Waals surface area (Å²) in [6.45, 7) is 5.21. The van der Waals surface area contributed by atoms with Gasteiger partial charge >= 0.3 is 12.1 Å². The zero-order valence-corrected chi connectivity index (χ0v) is 14.2. The van der Waals surface area contributed by atoms with Gasteiger partial charge in [0.05, 0.1) is 0 Å². The van der Waals surface area contributed by atoms with Crippen molar-refractivity contribution in [2.45, 2.75) is 26.4 Å². The van der Waals surface area contributed by atoms with Gasteiger partial charge in [-0.25, -0.2) is 14.5 Å². The van der Waals surface area contributed by atoms with Crippen LogP contribution in [-0.4, -0.2) is 42.4 Å². The van der Waals surface area contributed by atoms with Crippen molar-refractivity contribution >= 4 is 23.7 Å². The number of nitrogens with zero attached hydrogens (tertiary/aromatic N) is 1. The fourth-order valence-corrected chi connectivity index (χ4v) is 1.66. The molecule has 0 aliphatic rings. The highest BCUT2D eigenvalue weighted by Gasteiger charge is 2.26. The van der Waals surface area contributed by atoms with E-state index in [1.54, 1.807) is 45.0 Å². The lowest BCUT2D eigenvalue weighted by Gasteiger charge is -2.26. The van der Waals surface area contributed by atoms with E-state index >= 15 is 0 Å². The minimum atomic E-state index is -0.757. The van der Waals surface area contributed by atoms with E-state index in [1.807, 2.05) is 0 Å². The molecule has 0 heterocycles. The standard InChI is InChI=1S/C15H22ClN3O4/c1-15(2,3)23-14(21)19(9-8-17)13(20)18-10-22-12-6-4-11(16)5-7-12/h4-7H,8-10,17H2,1-3H3,(H,18,20). The number of benzene rings is 1. The lowest BCUT2D eigenvalue weighted by Crippen LogP contribution is -2.48. The molecule has 0 radical (unpaired) electrons. The first-order valence-electron chi connectivity index (χ1n) is 7.09. The Labute approximate surface area is 140 Å². The number of carbonyl (C=O) groups is 2. The molecule has 0 unspecified atom stereocenters. The summed E-state index contributed by atoms with van der Waals surface area (Å²) in [4.78, 5) is 25.0. The van der Waals surface area contributed by atoms with E-state index < -0.39 is 17.7 Å². The molecule has 0 spiro atoms. The molecule has 0 saturated carbocycles. The van der Waals surface area contributed by atoms with E-state index in [0.29, 0.717) is 10.8 Å². The topological polar surface area (TPSA) is 93.9 Å². The van der Waals surface area contributed by atoms with Crippen molar-refractivity contribution in [2.24, 2.45) is 5.73 Å². The number of halogens is 1. The molecule has 0 aliphatic heterocycles. The van der Waals surface area contributed by atoms with Crippen LogP contribution in [0.3, 0.4) is 0 Å². The van der Waals surface area contributed by atoms with Gasteiger partial charge in [-0.05, 0) is 45.0 Å². The SMILES string of the molecule is CC(C)(C)OC(=O)N(CCN)C(=O)NCOc1ccc(Cl)cc1. The Bertz CT molecular complexity index is 529. The van der Waals surface area contributed by atoms with E-state index in [0.717, 1.165) is 4.90 Å². The molecule has 3 amide bonds. The Balaban J connectivity index is 2.53. The van der Waals surface area contributed by atoms with Crippen molar-refractivity contribution in [3.63, 3.8) is 0 Å². The third-order valence-electron chi connectivity index (χ3n) is 2.49. The molecular formula is C15H22ClN3O4. The quantitative estimate of drug-likeness (QED) is 0.801. The van der Waals surface area contributed by atoms with Crippen LogP contribution in [-0.2, 0) is 4.74 Å². The summed E-state index contributed by atoms with van der Waals surface area (Å²) in [5, 5.41) is 3.06. The van der Waals surface area contributed by atoms with Gasteiger partial charge in [0.25, 0.3) is 0 Å². The number of rotatable bonds is 5. The number of urea groups is 1. The number of amides is 3. The first kappa shape index (κ1) is 19.1. The van der Waals surface area contributed by atoms with Crippen molar-refractivity contribution in [3.8, 4) is 5.75 Å². The highest BCUT2D eigenvalue weighted by Crippen LogP contribution is 2.15. The summed E-state index contributed by atoms with van der Waals surface area (Å²) in [5.74, 6) is 0.539. The molecular weight excluding hydrogens is 322 g/mol. The van der Waals surface area contributed by atoms with Crippen molar-refractivity contribution in [3.05, 3.63) is 29.3 Å². The summed E-state index contributed by atoms with van der Waals surface area (Å²) < 4.78 is 10.5. The van der Waals surface area contributed by atoms with Gasteiger partial charge in [0.2, 0.25) is 0 Å². The number of carbonyl (C=O) groups excluding carboxylic acids is 2. The zero-order chi connectivity index (χ0) is 17.5. The second-order valence-corrected chi connectivity index (χ2v) is 6.08. The van der Waals surface area contributed by atoms with E-state index in [1.165, 1.54) is 0 Å². The molecule has 0 aromatic heterocycles. The third kappa shape index (κ3) is 7.21. The average molecular weight is 344 g/mol. The summed E-state index contributed by atoms with van der Waals surface area (Å²) in [7, 11) is 0. The molecule has 0 atom stereocenters. The van der Waals surface area contributed by atoms with Gasteiger partial charge < -0.3 is 20.5 Å². The van der Waals surface area contributed by atoms with Crippen molar-refractivity contribution in [2.75, 3.05) is 19.8 Å². The van der Waals surface area contributed by atoms with Crippen molar-refractivity contribution in [1.82, 2.24) is 10.2 Å². The first-order chi connectivity index (χ1) is 10.7. The predicted molar refractivity (Wildman–Crippen MR) is 87.5 cm³/mol. The molecule has 23 heavy (non-hydrogen) atoms. The number of hydrogen-bond donors (Lipinski definition) is 2. The second kappa shape index (κ2) is 8.59. The molecule has 128 valence electrons. The van der Waals surface area contributed by atoms with Crippen LogP contribution in [0.5, 0.6) is 5.75 Å². The van der Waals surface area contributed by atoms with Crippen LogP contribution in [0.15, 0.2) is 24.3 Å². The Kier molecular flexibility index (Phi) is 7.12. The minimum Gasteiger partial charge on any atom is -0.473 e. The number of ether oxygens (including phenoxy) is 2. The second-order valence-electron chi connectivity index (χ2n) is 5.65. The molecule has 0 saturated heterocycles. The monoisotopic (exact) mass is 343 g/mol. The largest absolute Gasteiger partial charge is 0.473 e. The van der Waals surface area contributed by atoms with E-state index in [2.05, 4.69) is 5.32 Å². The van der Waals surface area contributed by atoms with Crippen LogP contribution in [0.4, 0.5) is 9.59 Å². The van der Waals surface area contributed by atoms with Crippen LogP contribution >= 0.6 is 11.6 Å². The Morgan fingerprint density at radius 2 is 1.87 bits per heavy atom. The summed E-state index contributed by atoms with van der Waals surface area (Å²) >= 11 is 5.76. The zero-order valence-electron chi connectivity index (χ0n) is 13.5. The van der Waals surface area contributed by atoms with E-state index in [4.69, 9.17) is 26.8 Å². The molecule has 1 rings (SSSR count). The molecule has 3 N–H and O–H groups in total. The van der Waals surface area contributed by atoms with Crippen molar-refractivity contribution < 1.29 is 19.1 Å². The Morgan fingerprint density at radius 1 is 1.26 bits per heavy atom. The van der Waals surface area contributed by atoms with Gasteiger partial charge in [0.15, 0.2) is 6.73 Å². The van der Waals surface area contributed by atoms with Crippen LogP contribution < -0.4 is 15.8 Å². The number of imide groups is 1. The van der Waals surface area contributed by atoms with Crippen LogP contribution in [0.1, 0.15) is 20.8 Å². The van der Waals surface area contributed by atoms with E-state index in [9.17, 15) is 9.59 Å². The molecule has 0 bridgehead atoms. The maximum absolute atomic E-state index is 12.1. The summed E-state index contributed by atoms with van der Waals surface area (Å²) in [5.41, 5.74) is 4.73. The van der Waals surface area contributed by atoms with Crippen LogP contribution in [0.25, 0.3) is 0 Å². The molecule has 1 aromatic rings. The number of nitrogens with one attached hydrogen (secondary N) is 1. The normalized spacial score (nSPS) is 10.8. The lowest BCUT2D eigenvalue weighted by atomic mass is 10.2. The molecule has 0 aliphatic carbocycles. The summed E-state index contributed by atoms with van der Waals surface area (Å²) in [6.07, 6.45) is -0.757. The minimum absolute atomic E-state index is 0.0433. The predicted octanol–water partition coefficient (Wildman–Crippen LogP) is 2.58. The fourth-order valence-electron chi connectivity index (χ4n) is 1.53. The smallest absolute Gasteiger partial charge is 0.418 e. The fraction of sp³-hybridized carbons (Fsp3) is 0.467. The van der Waals surface area contributed by atoms with Gasteiger partial charge in [-0.1, -0.05) is 11.6 Å². The molecule has 0 fully saturated rings. The highest BCUT2D eigenvalue weighted by molar-refractivity contribution is 6.30. The van der Waals surface area contributed by atoms with Crippen LogP contribution in [0, 0.1) is 0 Å². The molecule has 7 nitrogen and oxygen atoms in total. The van der Waals surface area contributed by atoms with Gasteiger partial charge in [-0.15, -0.1) is 0 Å². The van der Waals surface area contributed by atoms with Crippen LogP contribution in [0.2, 0.25) is 5.02 Å². The van der Waals surface area contributed by atoms with Gasteiger partial charge in [-0.3, -0.25) is 0 Å².